The molecule has 106 valence electrons. The summed E-state index contributed by atoms with van der Waals surface area (Å²) in [5.41, 5.74) is 7.32. The van der Waals surface area contributed by atoms with Crippen molar-refractivity contribution in [3.8, 4) is 5.69 Å². The zero-order chi connectivity index (χ0) is 15.0. The second-order valence-corrected chi connectivity index (χ2v) is 4.77. The predicted octanol–water partition coefficient (Wildman–Crippen LogP) is 2.67. The van der Waals surface area contributed by atoms with Crippen LogP contribution in [-0.2, 0) is 6.42 Å². The second kappa shape index (κ2) is 5.01. The molecule has 4 nitrogen and oxygen atoms in total. The van der Waals surface area contributed by atoms with E-state index in [1.165, 1.54) is 22.8 Å². The molecule has 0 atom stereocenters. The molecule has 0 aliphatic rings. The van der Waals surface area contributed by atoms with Gasteiger partial charge in [-0.05, 0) is 48.2 Å². The molecule has 2 N–H and O–H groups in total. The number of hydrogen-bond donors (Lipinski definition) is 1. The zero-order valence-electron chi connectivity index (χ0n) is 11.5. The van der Waals surface area contributed by atoms with Crippen LogP contribution in [0.5, 0.6) is 0 Å². The fourth-order valence-corrected chi connectivity index (χ4v) is 2.43. The zero-order valence-corrected chi connectivity index (χ0v) is 11.5. The van der Waals surface area contributed by atoms with Gasteiger partial charge in [-0.1, -0.05) is 6.92 Å². The highest BCUT2D eigenvalue weighted by Gasteiger charge is 2.11. The highest BCUT2D eigenvalue weighted by Crippen LogP contribution is 2.20. The molecule has 0 fully saturated rings. The Kier molecular flexibility index (Phi) is 3.17. The quantitative estimate of drug-likeness (QED) is 0.786. The first-order valence-corrected chi connectivity index (χ1v) is 6.67. The Labute approximate surface area is 120 Å². The number of aromatic nitrogens is 2. The van der Waals surface area contributed by atoms with Crippen LogP contribution in [0, 0.1) is 5.82 Å². The molecule has 0 amide bonds. The average Bonchev–Trinajstić information content (AvgIpc) is 2.47. The molecule has 5 heteroatoms. The number of anilines is 1. The van der Waals surface area contributed by atoms with E-state index in [1.807, 2.05) is 6.92 Å². The van der Waals surface area contributed by atoms with Gasteiger partial charge >= 0.3 is 0 Å². The molecule has 0 spiro atoms. The lowest BCUT2D eigenvalue weighted by atomic mass is 10.1. The van der Waals surface area contributed by atoms with Crippen molar-refractivity contribution in [1.82, 2.24) is 9.55 Å². The standard InChI is InChI=1S/C16H14FN3O/c1-2-12-13(6-7-15(18)19-12)20-14-9-11(17)5-3-10(14)4-8-16(20)21/h3-9H,2H2,1H3,(H2,18,19). The first-order chi connectivity index (χ1) is 10.1. The molecule has 0 saturated heterocycles. The molecule has 0 saturated carbocycles. The van der Waals surface area contributed by atoms with Gasteiger partial charge in [0.25, 0.3) is 5.56 Å². The summed E-state index contributed by atoms with van der Waals surface area (Å²) in [6.07, 6.45) is 0.624. The Morgan fingerprint density at radius 1 is 1.19 bits per heavy atom. The Balaban J connectivity index is 2.42. The lowest BCUT2D eigenvalue weighted by Gasteiger charge is -2.13. The lowest BCUT2D eigenvalue weighted by Crippen LogP contribution is -2.19. The van der Waals surface area contributed by atoms with Gasteiger partial charge < -0.3 is 5.73 Å². The fourth-order valence-electron chi connectivity index (χ4n) is 2.43. The molecular formula is C16H14FN3O. The van der Waals surface area contributed by atoms with Gasteiger partial charge in [0, 0.05) is 6.07 Å². The third-order valence-corrected chi connectivity index (χ3v) is 3.41. The summed E-state index contributed by atoms with van der Waals surface area (Å²) in [6.45, 7) is 1.93. The van der Waals surface area contributed by atoms with Crippen LogP contribution in [0.25, 0.3) is 16.6 Å². The summed E-state index contributed by atoms with van der Waals surface area (Å²) >= 11 is 0. The molecule has 1 aromatic carbocycles. The van der Waals surface area contributed by atoms with Gasteiger partial charge in [-0.2, -0.15) is 0 Å². The number of fused-ring (bicyclic) bond motifs is 1. The molecule has 3 rings (SSSR count). The van der Waals surface area contributed by atoms with Crippen LogP contribution in [0.2, 0.25) is 0 Å². The highest BCUT2D eigenvalue weighted by molar-refractivity contribution is 5.80. The topological polar surface area (TPSA) is 60.9 Å². The largest absolute Gasteiger partial charge is 0.384 e. The Hall–Kier alpha value is -2.69. The lowest BCUT2D eigenvalue weighted by molar-refractivity contribution is 0.629. The first-order valence-electron chi connectivity index (χ1n) is 6.67. The van der Waals surface area contributed by atoms with Gasteiger partial charge in [0.15, 0.2) is 0 Å². The van der Waals surface area contributed by atoms with E-state index in [0.717, 1.165) is 5.39 Å². The van der Waals surface area contributed by atoms with Crippen LogP contribution in [0.3, 0.4) is 0 Å². The summed E-state index contributed by atoms with van der Waals surface area (Å²) in [4.78, 5) is 16.5. The van der Waals surface area contributed by atoms with E-state index in [0.29, 0.717) is 29.1 Å². The number of aryl methyl sites for hydroxylation is 1. The van der Waals surface area contributed by atoms with Crippen LogP contribution in [0.15, 0.2) is 47.3 Å². The minimum absolute atomic E-state index is 0.227. The van der Waals surface area contributed by atoms with Crippen molar-refractivity contribution >= 4 is 16.7 Å². The molecule has 0 unspecified atom stereocenters. The van der Waals surface area contributed by atoms with Crippen LogP contribution in [0.1, 0.15) is 12.6 Å². The number of nitrogens with two attached hydrogens (primary N) is 1. The Bertz CT molecular complexity index is 886. The molecular weight excluding hydrogens is 269 g/mol. The maximum atomic E-state index is 13.6. The van der Waals surface area contributed by atoms with Crippen molar-refractivity contribution in [3.63, 3.8) is 0 Å². The average molecular weight is 283 g/mol. The third-order valence-electron chi connectivity index (χ3n) is 3.41. The van der Waals surface area contributed by atoms with Crippen LogP contribution in [-0.4, -0.2) is 9.55 Å². The number of pyridine rings is 2. The van der Waals surface area contributed by atoms with E-state index in [9.17, 15) is 9.18 Å². The normalized spacial score (nSPS) is 11.0. The van der Waals surface area contributed by atoms with Crippen molar-refractivity contribution < 1.29 is 4.39 Å². The smallest absolute Gasteiger partial charge is 0.255 e. The number of hydrogen-bond acceptors (Lipinski definition) is 3. The summed E-state index contributed by atoms with van der Waals surface area (Å²) in [5.74, 6) is 0.0124. The monoisotopic (exact) mass is 283 g/mol. The predicted molar refractivity (Wildman–Crippen MR) is 81.1 cm³/mol. The molecule has 0 bridgehead atoms. The summed E-state index contributed by atoms with van der Waals surface area (Å²) in [7, 11) is 0. The van der Waals surface area contributed by atoms with E-state index in [2.05, 4.69) is 4.98 Å². The SMILES string of the molecule is CCc1nc(N)ccc1-n1c(=O)ccc2ccc(F)cc21. The van der Waals surface area contributed by atoms with Gasteiger partial charge in [-0.3, -0.25) is 9.36 Å². The summed E-state index contributed by atoms with van der Waals surface area (Å²) in [5, 5.41) is 0.787. The van der Waals surface area contributed by atoms with Gasteiger partial charge in [-0.25, -0.2) is 9.37 Å². The van der Waals surface area contributed by atoms with Crippen molar-refractivity contribution in [1.29, 1.82) is 0 Å². The maximum absolute atomic E-state index is 13.6. The molecule has 3 aromatic rings. The second-order valence-electron chi connectivity index (χ2n) is 4.77. The minimum Gasteiger partial charge on any atom is -0.384 e. The van der Waals surface area contributed by atoms with Gasteiger partial charge in [-0.15, -0.1) is 0 Å². The molecule has 21 heavy (non-hydrogen) atoms. The number of rotatable bonds is 2. The number of nitrogens with zero attached hydrogens (tertiary/aromatic N) is 2. The summed E-state index contributed by atoms with van der Waals surface area (Å²) < 4.78 is 15.0. The molecule has 0 aliphatic heterocycles. The number of benzene rings is 1. The van der Waals surface area contributed by atoms with Gasteiger partial charge in [0.1, 0.15) is 11.6 Å². The number of nitrogen functional groups attached to an aromatic ring is 1. The fraction of sp³-hybridized carbons (Fsp3) is 0.125. The van der Waals surface area contributed by atoms with E-state index in [1.54, 1.807) is 24.3 Å². The van der Waals surface area contributed by atoms with Crippen LogP contribution < -0.4 is 11.3 Å². The van der Waals surface area contributed by atoms with Crippen LogP contribution >= 0.6 is 0 Å². The first kappa shape index (κ1) is 13.3. The van der Waals surface area contributed by atoms with E-state index < -0.39 is 0 Å². The Morgan fingerprint density at radius 3 is 2.71 bits per heavy atom. The van der Waals surface area contributed by atoms with E-state index in [-0.39, 0.29) is 11.4 Å². The van der Waals surface area contributed by atoms with E-state index in [4.69, 9.17) is 5.73 Å². The van der Waals surface area contributed by atoms with Gasteiger partial charge in [0.05, 0.1) is 16.9 Å². The van der Waals surface area contributed by atoms with Crippen molar-refractivity contribution in [2.75, 3.05) is 5.73 Å². The summed E-state index contributed by atoms with van der Waals surface area (Å²) in [6, 6.07) is 10.9. The Morgan fingerprint density at radius 2 is 1.95 bits per heavy atom. The maximum Gasteiger partial charge on any atom is 0.255 e. The minimum atomic E-state index is -0.386. The molecule has 0 aliphatic carbocycles. The number of halogens is 1. The highest BCUT2D eigenvalue weighted by atomic mass is 19.1. The van der Waals surface area contributed by atoms with Crippen LogP contribution in [0.4, 0.5) is 10.2 Å². The van der Waals surface area contributed by atoms with Crippen molar-refractivity contribution in [2.24, 2.45) is 0 Å². The molecule has 0 radical (unpaired) electrons. The molecule has 2 aromatic heterocycles. The van der Waals surface area contributed by atoms with E-state index >= 15 is 0 Å². The third kappa shape index (κ3) is 2.27. The molecule has 2 heterocycles. The van der Waals surface area contributed by atoms with Gasteiger partial charge in [0.2, 0.25) is 0 Å². The van der Waals surface area contributed by atoms with Crippen molar-refractivity contribution in [2.45, 2.75) is 13.3 Å². The van der Waals surface area contributed by atoms with Crippen molar-refractivity contribution in [3.05, 3.63) is 64.3 Å².